The van der Waals surface area contributed by atoms with Crippen LogP contribution in [0, 0.1) is 23.7 Å². The van der Waals surface area contributed by atoms with Crippen molar-refractivity contribution < 1.29 is 14.6 Å². The molecule has 0 spiro atoms. The van der Waals surface area contributed by atoms with Gasteiger partial charge in [-0.05, 0) is 98.5 Å². The third-order valence-electron chi connectivity index (χ3n) is 7.12. The lowest BCUT2D eigenvalue weighted by atomic mass is 9.79. The number of halogens is 1. The van der Waals surface area contributed by atoms with E-state index in [1.807, 2.05) is 42.6 Å². The van der Waals surface area contributed by atoms with Crippen LogP contribution in [0.4, 0.5) is 0 Å². The van der Waals surface area contributed by atoms with Crippen molar-refractivity contribution in [1.29, 1.82) is 0 Å². The Bertz CT molecular complexity index is 1250. The highest BCUT2D eigenvalue weighted by atomic mass is 35.5. The zero-order valence-electron chi connectivity index (χ0n) is 20.8. The van der Waals surface area contributed by atoms with E-state index in [0.717, 1.165) is 61.0 Å². The topological polar surface area (TPSA) is 62.7 Å². The van der Waals surface area contributed by atoms with E-state index in [1.54, 1.807) is 7.11 Å². The standard InChI is InChI=1S/C30H33ClN2O3/c1-36-27-11-12-29-28(20-27)24(14-16-32-29)8-3-7-23-15-18-33(21-25(23)10-13-30(34)35)17-4-6-22-5-2-9-26(31)19-22/h2,5,9,11-12,14,16,19-20,23,25H,3,7-8,10,13,15,17-18,21H2,1H3,(H,34,35). The van der Waals surface area contributed by atoms with Gasteiger partial charge in [0, 0.05) is 35.1 Å². The maximum absolute atomic E-state index is 11.3. The van der Waals surface area contributed by atoms with Crippen LogP contribution in [0.2, 0.25) is 5.02 Å². The van der Waals surface area contributed by atoms with E-state index in [9.17, 15) is 9.90 Å². The number of likely N-dealkylation sites (tertiary alicyclic amines) is 1. The van der Waals surface area contributed by atoms with Gasteiger partial charge in [-0.15, -0.1) is 0 Å². The molecule has 0 radical (unpaired) electrons. The van der Waals surface area contributed by atoms with Crippen LogP contribution in [-0.4, -0.2) is 47.7 Å². The van der Waals surface area contributed by atoms with E-state index in [1.165, 1.54) is 5.56 Å². The van der Waals surface area contributed by atoms with Crippen molar-refractivity contribution in [2.24, 2.45) is 11.8 Å². The number of hydrogen-bond acceptors (Lipinski definition) is 4. The first-order chi connectivity index (χ1) is 17.5. The van der Waals surface area contributed by atoms with Crippen molar-refractivity contribution in [1.82, 2.24) is 9.88 Å². The second-order valence-electron chi connectivity index (χ2n) is 9.53. The zero-order valence-corrected chi connectivity index (χ0v) is 21.5. The molecule has 1 saturated heterocycles. The molecule has 1 aliphatic heterocycles. The summed E-state index contributed by atoms with van der Waals surface area (Å²) in [5, 5.41) is 11.1. The number of pyridine rings is 1. The third-order valence-corrected chi connectivity index (χ3v) is 7.36. The van der Waals surface area contributed by atoms with Crippen LogP contribution in [0.1, 0.15) is 43.2 Å². The molecule has 3 aromatic rings. The summed E-state index contributed by atoms with van der Waals surface area (Å²) >= 11 is 6.06. The maximum atomic E-state index is 11.3. The van der Waals surface area contributed by atoms with E-state index >= 15 is 0 Å². The van der Waals surface area contributed by atoms with Crippen LogP contribution in [0.5, 0.6) is 5.75 Å². The average Bonchev–Trinajstić information content (AvgIpc) is 2.88. The summed E-state index contributed by atoms with van der Waals surface area (Å²) in [6, 6.07) is 15.7. The molecule has 1 aliphatic rings. The van der Waals surface area contributed by atoms with Gasteiger partial charge in [0.15, 0.2) is 0 Å². The van der Waals surface area contributed by atoms with E-state index in [-0.39, 0.29) is 6.42 Å². The van der Waals surface area contributed by atoms with E-state index in [4.69, 9.17) is 16.3 Å². The SMILES string of the molecule is COc1ccc2nccc(CCCC3CCN(CC#Cc4cccc(Cl)c4)CC3CCC(=O)O)c2c1. The smallest absolute Gasteiger partial charge is 0.303 e. The highest BCUT2D eigenvalue weighted by Crippen LogP contribution is 2.32. The van der Waals surface area contributed by atoms with E-state index in [0.29, 0.717) is 29.8 Å². The molecule has 1 N–H and O–H groups in total. The van der Waals surface area contributed by atoms with Gasteiger partial charge in [-0.1, -0.05) is 29.5 Å². The third kappa shape index (κ3) is 7.22. The number of hydrogen-bond donors (Lipinski definition) is 1. The number of methoxy groups -OCH3 is 1. The van der Waals surface area contributed by atoms with Gasteiger partial charge in [0.25, 0.3) is 0 Å². The molecule has 5 nitrogen and oxygen atoms in total. The molecule has 1 fully saturated rings. The normalized spacial score (nSPS) is 17.9. The van der Waals surface area contributed by atoms with Crippen molar-refractivity contribution >= 4 is 28.5 Å². The summed E-state index contributed by atoms with van der Waals surface area (Å²) < 4.78 is 5.41. The summed E-state index contributed by atoms with van der Waals surface area (Å²) in [6.45, 7) is 2.58. The fourth-order valence-corrected chi connectivity index (χ4v) is 5.41. The number of aliphatic carboxylic acids is 1. The fourth-order valence-electron chi connectivity index (χ4n) is 5.22. The molecule has 2 aromatic carbocycles. The second kappa shape index (κ2) is 12.8. The first-order valence-corrected chi connectivity index (χ1v) is 13.0. The number of fused-ring (bicyclic) bond motifs is 1. The first-order valence-electron chi connectivity index (χ1n) is 12.6. The Morgan fingerprint density at radius 1 is 1.19 bits per heavy atom. The lowest BCUT2D eigenvalue weighted by Gasteiger charge is -2.38. The number of piperidine rings is 1. The molecular weight excluding hydrogens is 472 g/mol. The molecular formula is C30H33ClN2O3. The Morgan fingerprint density at radius 2 is 2.08 bits per heavy atom. The van der Waals surface area contributed by atoms with Crippen molar-refractivity contribution in [3.63, 3.8) is 0 Å². The Labute approximate surface area is 218 Å². The highest BCUT2D eigenvalue weighted by Gasteiger charge is 2.29. The average molecular weight is 505 g/mol. The maximum Gasteiger partial charge on any atom is 0.303 e. The monoisotopic (exact) mass is 504 g/mol. The lowest BCUT2D eigenvalue weighted by molar-refractivity contribution is -0.137. The van der Waals surface area contributed by atoms with Gasteiger partial charge >= 0.3 is 5.97 Å². The zero-order chi connectivity index (χ0) is 25.3. The lowest BCUT2D eigenvalue weighted by Crippen LogP contribution is -2.41. The highest BCUT2D eigenvalue weighted by molar-refractivity contribution is 6.30. The van der Waals surface area contributed by atoms with Crippen LogP contribution < -0.4 is 4.74 Å². The molecule has 2 heterocycles. The van der Waals surface area contributed by atoms with Gasteiger partial charge < -0.3 is 9.84 Å². The van der Waals surface area contributed by atoms with E-state index < -0.39 is 5.97 Å². The minimum Gasteiger partial charge on any atom is -0.497 e. The minimum atomic E-state index is -0.719. The Hall–Kier alpha value is -3.07. The number of ether oxygens (including phenoxy) is 1. The van der Waals surface area contributed by atoms with Gasteiger partial charge in [-0.25, -0.2) is 0 Å². The first kappa shape index (κ1) is 26.0. The molecule has 36 heavy (non-hydrogen) atoms. The predicted molar refractivity (Wildman–Crippen MR) is 144 cm³/mol. The molecule has 2 unspecified atom stereocenters. The predicted octanol–water partition coefficient (Wildman–Crippen LogP) is 6.07. The Kier molecular flexibility index (Phi) is 9.22. The number of aromatic nitrogens is 1. The molecule has 4 rings (SSSR count). The number of nitrogens with zero attached hydrogens (tertiary/aromatic N) is 2. The molecule has 2 atom stereocenters. The quantitative estimate of drug-likeness (QED) is 0.358. The fraction of sp³-hybridized carbons (Fsp3) is 0.400. The number of carboxylic acids is 1. The molecule has 0 amide bonds. The van der Waals surface area contributed by atoms with Gasteiger partial charge in [-0.3, -0.25) is 14.7 Å². The number of benzene rings is 2. The van der Waals surface area contributed by atoms with Crippen molar-refractivity contribution in [2.45, 2.75) is 38.5 Å². The summed E-state index contributed by atoms with van der Waals surface area (Å²) in [5.74, 6) is 7.50. The van der Waals surface area contributed by atoms with Gasteiger partial charge in [0.05, 0.1) is 19.2 Å². The van der Waals surface area contributed by atoms with Crippen LogP contribution in [0.3, 0.4) is 0 Å². The van der Waals surface area contributed by atoms with Gasteiger partial charge in [-0.2, -0.15) is 0 Å². The summed E-state index contributed by atoms with van der Waals surface area (Å²) in [6.07, 6.45) is 7.03. The van der Waals surface area contributed by atoms with Crippen LogP contribution in [-0.2, 0) is 11.2 Å². The Balaban J connectivity index is 1.36. The van der Waals surface area contributed by atoms with Crippen LogP contribution in [0.25, 0.3) is 10.9 Å². The number of carbonyl (C=O) groups is 1. The molecule has 0 bridgehead atoms. The van der Waals surface area contributed by atoms with Gasteiger partial charge in [0.1, 0.15) is 5.75 Å². The minimum absolute atomic E-state index is 0.220. The summed E-state index contributed by atoms with van der Waals surface area (Å²) in [5.41, 5.74) is 3.19. The molecule has 0 saturated carbocycles. The van der Waals surface area contributed by atoms with Crippen molar-refractivity contribution in [3.05, 3.63) is 70.9 Å². The largest absolute Gasteiger partial charge is 0.497 e. The molecule has 188 valence electrons. The van der Waals surface area contributed by atoms with Crippen molar-refractivity contribution in [3.8, 4) is 17.6 Å². The molecule has 0 aliphatic carbocycles. The number of aryl methyl sites for hydroxylation is 1. The second-order valence-corrected chi connectivity index (χ2v) is 9.97. The van der Waals surface area contributed by atoms with Crippen LogP contribution in [0.15, 0.2) is 54.7 Å². The summed E-state index contributed by atoms with van der Waals surface area (Å²) in [7, 11) is 1.68. The number of rotatable bonds is 9. The Morgan fingerprint density at radius 3 is 2.89 bits per heavy atom. The van der Waals surface area contributed by atoms with Crippen molar-refractivity contribution in [2.75, 3.05) is 26.7 Å². The summed E-state index contributed by atoms with van der Waals surface area (Å²) in [4.78, 5) is 18.2. The molecule has 6 heteroatoms. The van der Waals surface area contributed by atoms with E-state index in [2.05, 4.69) is 33.9 Å². The number of carboxylic acid groups (broad SMARTS) is 1. The van der Waals surface area contributed by atoms with Gasteiger partial charge in [0.2, 0.25) is 0 Å². The molecule has 1 aromatic heterocycles. The van der Waals surface area contributed by atoms with Crippen LogP contribution >= 0.6 is 11.6 Å².